The second kappa shape index (κ2) is 9.49. The van der Waals surface area contributed by atoms with E-state index in [-0.39, 0.29) is 42.1 Å². The Morgan fingerprint density at radius 3 is 2.39 bits per heavy atom. The van der Waals surface area contributed by atoms with Crippen molar-refractivity contribution in [2.45, 2.75) is 31.0 Å². The number of carbonyl (C=O) groups is 3. The molecule has 1 aromatic rings. The summed E-state index contributed by atoms with van der Waals surface area (Å²) in [5.74, 6) is -6.67. The third-order valence-corrected chi connectivity index (χ3v) is 7.41. The standard InChI is InChI=1S/C24H29N3O8.ClH/c1-26(2)18-13-8-11-7-12-10(9-27(3)35-4)5-6-14(28)16(12)19(29)15(11)21(31)24(13,34)22(32)17(20(18)30)23(25)33;/h5-6,11,13,18,28,30-31,34H,7-9H2,1-4H3,(H2,25,33);1H/t11-,13-,18-,24-;/m0./s1. The van der Waals surface area contributed by atoms with Crippen molar-refractivity contribution in [3.05, 3.63) is 51.5 Å². The van der Waals surface area contributed by atoms with Gasteiger partial charge in [0.2, 0.25) is 5.78 Å². The Morgan fingerprint density at radius 2 is 1.83 bits per heavy atom. The van der Waals surface area contributed by atoms with Gasteiger partial charge in [0.25, 0.3) is 5.91 Å². The van der Waals surface area contributed by atoms with Crippen molar-refractivity contribution in [1.82, 2.24) is 9.96 Å². The van der Waals surface area contributed by atoms with Crippen LogP contribution in [0.1, 0.15) is 27.9 Å². The van der Waals surface area contributed by atoms with Crippen LogP contribution in [-0.2, 0) is 27.4 Å². The summed E-state index contributed by atoms with van der Waals surface area (Å²) in [6, 6.07) is 2.03. The summed E-state index contributed by atoms with van der Waals surface area (Å²) >= 11 is 0. The Bertz CT molecular complexity index is 1210. The molecule has 11 nitrogen and oxygen atoms in total. The number of rotatable bonds is 5. The highest BCUT2D eigenvalue weighted by Crippen LogP contribution is 2.52. The van der Waals surface area contributed by atoms with Crippen LogP contribution in [0.3, 0.4) is 0 Å². The molecule has 0 unspecified atom stereocenters. The van der Waals surface area contributed by atoms with Crippen LogP contribution in [0.4, 0.5) is 0 Å². The van der Waals surface area contributed by atoms with Gasteiger partial charge in [0.1, 0.15) is 22.8 Å². The minimum Gasteiger partial charge on any atom is -0.510 e. The molecule has 12 heteroatoms. The molecule has 0 radical (unpaired) electrons. The summed E-state index contributed by atoms with van der Waals surface area (Å²) < 4.78 is 0. The van der Waals surface area contributed by atoms with E-state index in [1.165, 1.54) is 18.1 Å². The molecule has 0 aliphatic heterocycles. The quantitative estimate of drug-likeness (QED) is 0.270. The van der Waals surface area contributed by atoms with E-state index in [4.69, 9.17) is 10.6 Å². The maximum Gasteiger partial charge on any atom is 0.255 e. The number of aliphatic hydroxyl groups is 3. The molecule has 6 N–H and O–H groups in total. The fraction of sp³-hybridized carbons (Fsp3) is 0.458. The molecule has 0 aromatic heterocycles. The molecule has 1 amide bonds. The van der Waals surface area contributed by atoms with E-state index in [1.807, 2.05) is 0 Å². The van der Waals surface area contributed by atoms with Gasteiger partial charge in [-0.25, -0.2) is 0 Å². The van der Waals surface area contributed by atoms with Crippen LogP contribution in [-0.4, -0.2) is 87.8 Å². The van der Waals surface area contributed by atoms with E-state index < -0.39 is 58.0 Å². The van der Waals surface area contributed by atoms with E-state index in [0.29, 0.717) is 12.1 Å². The predicted octanol–water partition coefficient (Wildman–Crippen LogP) is 0.536. The number of Topliss-reactive ketones (excluding diaryl/α,β-unsaturated/α-hetero) is 2. The summed E-state index contributed by atoms with van der Waals surface area (Å²) in [6.45, 7) is 0.321. The maximum atomic E-state index is 13.6. The van der Waals surface area contributed by atoms with Crippen LogP contribution < -0.4 is 5.73 Å². The van der Waals surface area contributed by atoms with Crippen molar-refractivity contribution in [3.8, 4) is 5.75 Å². The lowest BCUT2D eigenvalue weighted by molar-refractivity contribution is -0.148. The lowest BCUT2D eigenvalue weighted by Gasteiger charge is -2.50. The van der Waals surface area contributed by atoms with E-state index >= 15 is 0 Å². The van der Waals surface area contributed by atoms with Gasteiger partial charge in [-0.15, -0.1) is 12.4 Å². The minimum atomic E-state index is -2.64. The van der Waals surface area contributed by atoms with E-state index in [0.717, 1.165) is 5.56 Å². The molecule has 36 heavy (non-hydrogen) atoms. The molecule has 196 valence electrons. The molecule has 0 spiro atoms. The monoisotopic (exact) mass is 523 g/mol. The number of benzene rings is 1. The summed E-state index contributed by atoms with van der Waals surface area (Å²) in [7, 11) is 6.39. The normalized spacial score (nSPS) is 27.6. The van der Waals surface area contributed by atoms with Crippen molar-refractivity contribution in [2.24, 2.45) is 17.6 Å². The average Bonchev–Trinajstić information content (AvgIpc) is 2.77. The maximum absolute atomic E-state index is 13.6. The molecule has 0 fully saturated rings. The number of hydrogen-bond donors (Lipinski definition) is 5. The van der Waals surface area contributed by atoms with Gasteiger partial charge < -0.3 is 31.0 Å². The molecular formula is C24H30ClN3O8. The van der Waals surface area contributed by atoms with Gasteiger partial charge in [-0.2, -0.15) is 5.06 Å². The van der Waals surface area contributed by atoms with Crippen molar-refractivity contribution in [2.75, 3.05) is 28.3 Å². The lowest BCUT2D eigenvalue weighted by atomic mass is 9.58. The molecule has 4 rings (SSSR count). The van der Waals surface area contributed by atoms with E-state index in [2.05, 4.69) is 0 Å². The molecule has 0 heterocycles. The second-order valence-electron chi connectivity index (χ2n) is 9.53. The van der Waals surface area contributed by atoms with Crippen molar-refractivity contribution in [3.63, 3.8) is 0 Å². The number of nitrogens with two attached hydrogens (primary N) is 1. The van der Waals surface area contributed by atoms with Gasteiger partial charge in [0.15, 0.2) is 11.4 Å². The fourth-order valence-corrected chi connectivity index (χ4v) is 5.77. The second-order valence-corrected chi connectivity index (χ2v) is 9.53. The number of primary amides is 1. The minimum absolute atomic E-state index is 0. The highest BCUT2D eigenvalue weighted by atomic mass is 35.5. The number of ketones is 2. The topological polar surface area (TPSA) is 174 Å². The summed E-state index contributed by atoms with van der Waals surface area (Å²) in [4.78, 5) is 45.6. The third-order valence-electron chi connectivity index (χ3n) is 7.41. The Morgan fingerprint density at radius 1 is 1.19 bits per heavy atom. The highest BCUT2D eigenvalue weighted by molar-refractivity contribution is 6.24. The molecule has 0 saturated carbocycles. The molecular weight excluding hydrogens is 494 g/mol. The third kappa shape index (κ3) is 3.78. The number of fused-ring (bicyclic) bond motifs is 3. The number of halogens is 1. The largest absolute Gasteiger partial charge is 0.510 e. The number of phenols is 1. The fourth-order valence-electron chi connectivity index (χ4n) is 5.77. The Kier molecular flexibility index (Phi) is 7.28. The predicted molar refractivity (Wildman–Crippen MR) is 129 cm³/mol. The Hall–Kier alpha value is -2.96. The average molecular weight is 524 g/mol. The highest BCUT2D eigenvalue weighted by Gasteiger charge is 2.63. The van der Waals surface area contributed by atoms with Gasteiger partial charge in [-0.3, -0.25) is 19.3 Å². The number of amides is 1. The Labute approximate surface area is 213 Å². The molecule has 1 aromatic carbocycles. The van der Waals surface area contributed by atoms with Crippen molar-refractivity contribution < 1.29 is 39.6 Å². The van der Waals surface area contributed by atoms with Gasteiger partial charge >= 0.3 is 0 Å². The van der Waals surface area contributed by atoms with Crippen LogP contribution in [0.2, 0.25) is 0 Å². The van der Waals surface area contributed by atoms with E-state index in [1.54, 1.807) is 32.3 Å². The first-order valence-corrected chi connectivity index (χ1v) is 11.1. The first-order chi connectivity index (χ1) is 16.4. The first-order valence-electron chi connectivity index (χ1n) is 11.1. The number of hydrogen-bond acceptors (Lipinski definition) is 10. The van der Waals surface area contributed by atoms with Gasteiger partial charge in [-0.05, 0) is 50.0 Å². The Balaban J connectivity index is 0.00000361. The van der Waals surface area contributed by atoms with Gasteiger partial charge in [0, 0.05) is 25.1 Å². The number of likely N-dealkylation sites (N-methyl/N-ethyl adjacent to an activating group) is 1. The summed E-state index contributed by atoms with van der Waals surface area (Å²) in [5, 5.41) is 45.7. The van der Waals surface area contributed by atoms with E-state index in [9.17, 15) is 34.8 Å². The number of hydroxylamine groups is 2. The SMILES string of the molecule is CON(C)Cc1ccc(O)c2c1C[C@H]1C[C@H]3[C@H](N(C)C)C(O)=C(C(N)=O)C(=O)[C@@]3(O)C(O)=C1C2=O.Cl. The zero-order valence-corrected chi connectivity index (χ0v) is 21.1. The number of allylic oxidation sites excluding steroid dienone is 1. The molecule has 0 saturated heterocycles. The zero-order valence-electron chi connectivity index (χ0n) is 20.3. The number of carbonyl (C=O) groups excluding carboxylic acids is 3. The van der Waals surface area contributed by atoms with Crippen LogP contribution in [0.15, 0.2) is 34.8 Å². The van der Waals surface area contributed by atoms with Crippen LogP contribution in [0.5, 0.6) is 5.75 Å². The number of phenolic OH excluding ortho intramolecular Hbond substituents is 1. The molecule has 3 aliphatic rings. The number of aliphatic hydroxyl groups excluding tert-OH is 2. The lowest BCUT2D eigenvalue weighted by Crippen LogP contribution is -2.63. The van der Waals surface area contributed by atoms with Crippen LogP contribution >= 0.6 is 12.4 Å². The summed E-state index contributed by atoms with van der Waals surface area (Å²) in [5.41, 5.74) is 2.96. The van der Waals surface area contributed by atoms with Crippen LogP contribution in [0.25, 0.3) is 0 Å². The summed E-state index contributed by atoms with van der Waals surface area (Å²) in [6.07, 6.45) is 0.275. The van der Waals surface area contributed by atoms with Crippen molar-refractivity contribution in [1.29, 1.82) is 0 Å². The molecule has 0 bridgehead atoms. The smallest absolute Gasteiger partial charge is 0.255 e. The number of aromatic hydroxyl groups is 1. The van der Waals surface area contributed by atoms with Gasteiger partial charge in [-0.1, -0.05) is 6.07 Å². The molecule has 3 aliphatic carbocycles. The zero-order chi connectivity index (χ0) is 26.0. The first kappa shape index (κ1) is 27.6. The van der Waals surface area contributed by atoms with Crippen molar-refractivity contribution >= 4 is 29.9 Å². The van der Waals surface area contributed by atoms with Crippen LogP contribution in [0, 0.1) is 11.8 Å². The number of nitrogens with zero attached hydrogens (tertiary/aromatic N) is 2. The van der Waals surface area contributed by atoms with Gasteiger partial charge in [0.05, 0.1) is 18.7 Å². The molecule has 4 atom stereocenters.